The predicted molar refractivity (Wildman–Crippen MR) is 142 cm³/mol. The maximum Gasteiger partial charge on any atom is 0.229 e. The van der Waals surface area contributed by atoms with Gasteiger partial charge in [0.05, 0.1) is 34.9 Å². The average Bonchev–Trinajstić information content (AvgIpc) is 3.26. The van der Waals surface area contributed by atoms with E-state index < -0.39 is 9.84 Å². The van der Waals surface area contributed by atoms with Crippen LogP contribution in [0.4, 0.5) is 5.13 Å². The first-order valence-corrected chi connectivity index (χ1v) is 14.2. The van der Waals surface area contributed by atoms with Crippen LogP contribution in [0.5, 0.6) is 5.75 Å². The maximum absolute atomic E-state index is 13.3. The van der Waals surface area contributed by atoms with Crippen LogP contribution in [0.1, 0.15) is 30.9 Å². The lowest BCUT2D eigenvalue weighted by Crippen LogP contribution is -2.30. The van der Waals surface area contributed by atoms with Crippen LogP contribution in [0.25, 0.3) is 10.2 Å². The van der Waals surface area contributed by atoms with E-state index in [0.717, 1.165) is 27.1 Å². The molecule has 0 fully saturated rings. The van der Waals surface area contributed by atoms with E-state index in [9.17, 15) is 13.2 Å². The van der Waals surface area contributed by atoms with Gasteiger partial charge >= 0.3 is 0 Å². The second-order valence-corrected chi connectivity index (χ2v) is 11.4. The topological polar surface area (TPSA) is 76.6 Å². The standard InChI is InChI=1S/C27H28N2O4S2/c1-2-33-23-15-16-24-25(18-23)34-27(28-24)29(19-21-10-5-3-6-11-21)26(30)14-9-17-35(31,32)20-22-12-7-4-8-13-22/h3-8,10-13,15-16,18H,2,9,14,17,19-20H2,1H3. The first-order valence-electron chi connectivity index (χ1n) is 11.6. The van der Waals surface area contributed by atoms with Crippen molar-refractivity contribution in [1.82, 2.24) is 4.98 Å². The first kappa shape index (κ1) is 24.9. The molecule has 1 amide bonds. The zero-order chi connectivity index (χ0) is 24.7. The molecule has 0 unspecified atom stereocenters. The van der Waals surface area contributed by atoms with E-state index in [1.165, 1.54) is 11.3 Å². The van der Waals surface area contributed by atoms with Gasteiger partial charge in [-0.3, -0.25) is 9.69 Å². The van der Waals surface area contributed by atoms with Crippen molar-refractivity contribution in [3.8, 4) is 5.75 Å². The number of fused-ring (bicyclic) bond motifs is 1. The predicted octanol–water partition coefficient (Wildman–Crippen LogP) is 5.62. The van der Waals surface area contributed by atoms with Gasteiger partial charge in [-0.05, 0) is 42.7 Å². The van der Waals surface area contributed by atoms with Gasteiger partial charge in [-0.15, -0.1) is 0 Å². The Bertz CT molecular complexity index is 1370. The Morgan fingerprint density at radius 2 is 1.66 bits per heavy atom. The molecule has 0 N–H and O–H groups in total. The molecule has 0 atom stereocenters. The molecule has 0 spiro atoms. The number of ether oxygens (including phenoxy) is 1. The molecule has 3 aromatic carbocycles. The lowest BCUT2D eigenvalue weighted by Gasteiger charge is -2.20. The van der Waals surface area contributed by atoms with Gasteiger partial charge in [0.1, 0.15) is 5.75 Å². The number of benzene rings is 3. The number of carbonyl (C=O) groups excluding carboxylic acids is 1. The third-order valence-electron chi connectivity index (χ3n) is 5.45. The number of nitrogens with zero attached hydrogens (tertiary/aromatic N) is 2. The number of rotatable bonds is 11. The molecule has 0 aliphatic carbocycles. The zero-order valence-electron chi connectivity index (χ0n) is 19.6. The molecule has 4 aromatic rings. The van der Waals surface area contributed by atoms with Crippen molar-refractivity contribution in [1.29, 1.82) is 0 Å². The zero-order valence-corrected chi connectivity index (χ0v) is 21.2. The summed E-state index contributed by atoms with van der Waals surface area (Å²) in [7, 11) is -3.31. The van der Waals surface area contributed by atoms with E-state index in [0.29, 0.717) is 18.3 Å². The molecule has 182 valence electrons. The summed E-state index contributed by atoms with van der Waals surface area (Å²) in [5.74, 6) is 0.563. The van der Waals surface area contributed by atoms with Gasteiger partial charge < -0.3 is 4.74 Å². The van der Waals surface area contributed by atoms with Gasteiger partial charge in [0, 0.05) is 6.42 Å². The van der Waals surface area contributed by atoms with E-state index in [4.69, 9.17) is 9.72 Å². The number of aromatic nitrogens is 1. The third-order valence-corrected chi connectivity index (χ3v) is 8.18. The molecule has 0 aliphatic rings. The van der Waals surface area contributed by atoms with Crippen molar-refractivity contribution < 1.29 is 17.9 Å². The molecule has 1 heterocycles. The number of amides is 1. The Morgan fingerprint density at radius 1 is 0.971 bits per heavy atom. The largest absolute Gasteiger partial charge is 0.494 e. The van der Waals surface area contributed by atoms with Crippen LogP contribution in [-0.2, 0) is 26.9 Å². The van der Waals surface area contributed by atoms with E-state index in [1.54, 1.807) is 17.0 Å². The summed E-state index contributed by atoms with van der Waals surface area (Å²) in [6.07, 6.45) is 0.389. The molecular formula is C27H28N2O4S2. The van der Waals surface area contributed by atoms with Crippen molar-refractivity contribution in [3.63, 3.8) is 0 Å². The molecule has 0 bridgehead atoms. The number of hydrogen-bond donors (Lipinski definition) is 0. The SMILES string of the molecule is CCOc1ccc2nc(N(Cc3ccccc3)C(=O)CCCS(=O)(=O)Cc3ccccc3)sc2c1. The molecule has 1 aromatic heterocycles. The fourth-order valence-corrected chi connectivity index (χ4v) is 6.21. The Kier molecular flexibility index (Phi) is 8.15. The van der Waals surface area contributed by atoms with Crippen LogP contribution in [0.3, 0.4) is 0 Å². The van der Waals surface area contributed by atoms with Crippen molar-refractivity contribution >= 4 is 42.4 Å². The number of hydrogen-bond acceptors (Lipinski definition) is 6. The van der Waals surface area contributed by atoms with Crippen molar-refractivity contribution in [2.45, 2.75) is 32.1 Å². The Balaban J connectivity index is 1.49. The highest BCUT2D eigenvalue weighted by Gasteiger charge is 2.21. The lowest BCUT2D eigenvalue weighted by molar-refractivity contribution is -0.118. The fraction of sp³-hybridized carbons (Fsp3) is 0.259. The number of sulfone groups is 1. The molecule has 6 nitrogen and oxygen atoms in total. The minimum absolute atomic E-state index is 0.0181. The van der Waals surface area contributed by atoms with Crippen LogP contribution in [-0.4, -0.2) is 31.7 Å². The summed E-state index contributed by atoms with van der Waals surface area (Å²) in [6, 6.07) is 24.5. The van der Waals surface area contributed by atoms with Gasteiger partial charge in [0.15, 0.2) is 15.0 Å². The molecule has 4 rings (SSSR count). The second-order valence-electron chi connectivity index (χ2n) is 8.21. The monoisotopic (exact) mass is 508 g/mol. The van der Waals surface area contributed by atoms with E-state index in [-0.39, 0.29) is 30.3 Å². The Hall–Kier alpha value is -3.23. The molecule has 0 saturated heterocycles. The Morgan fingerprint density at radius 3 is 2.34 bits per heavy atom. The van der Waals surface area contributed by atoms with Crippen molar-refractivity contribution in [3.05, 3.63) is 90.0 Å². The number of thiazole rings is 1. The number of anilines is 1. The molecule has 0 aliphatic heterocycles. The van der Waals surface area contributed by atoms with Crippen LogP contribution in [0.15, 0.2) is 78.9 Å². The second kappa shape index (κ2) is 11.5. The van der Waals surface area contributed by atoms with Gasteiger partial charge in [-0.2, -0.15) is 0 Å². The van der Waals surface area contributed by atoms with Crippen LogP contribution in [0.2, 0.25) is 0 Å². The van der Waals surface area contributed by atoms with Gasteiger partial charge in [0.25, 0.3) is 0 Å². The van der Waals surface area contributed by atoms with Gasteiger partial charge in [-0.1, -0.05) is 72.0 Å². The van der Waals surface area contributed by atoms with E-state index >= 15 is 0 Å². The van der Waals surface area contributed by atoms with Crippen LogP contribution >= 0.6 is 11.3 Å². The summed E-state index contributed by atoms with van der Waals surface area (Å²) >= 11 is 1.43. The lowest BCUT2D eigenvalue weighted by atomic mass is 10.2. The molecule has 0 saturated carbocycles. The summed E-state index contributed by atoms with van der Waals surface area (Å²) in [5.41, 5.74) is 2.53. The minimum atomic E-state index is -3.31. The average molecular weight is 509 g/mol. The highest BCUT2D eigenvalue weighted by atomic mass is 32.2. The summed E-state index contributed by atoms with van der Waals surface area (Å²) in [4.78, 5) is 19.7. The fourth-order valence-electron chi connectivity index (χ4n) is 3.77. The van der Waals surface area contributed by atoms with E-state index in [1.807, 2.05) is 73.7 Å². The smallest absolute Gasteiger partial charge is 0.229 e. The van der Waals surface area contributed by atoms with E-state index in [2.05, 4.69) is 0 Å². The normalized spacial score (nSPS) is 11.5. The van der Waals surface area contributed by atoms with Crippen molar-refractivity contribution in [2.24, 2.45) is 0 Å². The summed E-state index contributed by atoms with van der Waals surface area (Å²) in [5, 5.41) is 0.592. The van der Waals surface area contributed by atoms with Gasteiger partial charge in [0.2, 0.25) is 5.91 Å². The molecular weight excluding hydrogens is 480 g/mol. The highest BCUT2D eigenvalue weighted by Crippen LogP contribution is 2.32. The Labute approximate surface area is 210 Å². The first-order chi connectivity index (χ1) is 16.9. The molecule has 0 radical (unpaired) electrons. The third kappa shape index (κ3) is 6.90. The van der Waals surface area contributed by atoms with Crippen molar-refractivity contribution in [2.75, 3.05) is 17.3 Å². The quantitative estimate of drug-likeness (QED) is 0.263. The summed E-state index contributed by atoms with van der Waals surface area (Å²) in [6.45, 7) is 2.88. The highest BCUT2D eigenvalue weighted by molar-refractivity contribution is 7.90. The summed E-state index contributed by atoms with van der Waals surface area (Å²) < 4.78 is 31.7. The minimum Gasteiger partial charge on any atom is -0.494 e. The molecule has 35 heavy (non-hydrogen) atoms. The molecule has 8 heteroatoms. The van der Waals surface area contributed by atoms with Gasteiger partial charge in [-0.25, -0.2) is 13.4 Å². The maximum atomic E-state index is 13.3. The van der Waals surface area contributed by atoms with Crippen LogP contribution in [0, 0.1) is 0 Å². The van der Waals surface area contributed by atoms with Crippen LogP contribution < -0.4 is 9.64 Å². The number of carbonyl (C=O) groups is 1.